The van der Waals surface area contributed by atoms with E-state index in [1.54, 1.807) is 6.07 Å². The summed E-state index contributed by atoms with van der Waals surface area (Å²) >= 11 is 3.50. The Hall–Kier alpha value is -3.01. The number of carbonyl (C=O) groups is 1. The molecule has 0 radical (unpaired) electrons. The van der Waals surface area contributed by atoms with Crippen molar-refractivity contribution in [2.24, 2.45) is 0 Å². The number of H-pyrrole nitrogens is 1. The van der Waals surface area contributed by atoms with Crippen molar-refractivity contribution in [3.63, 3.8) is 0 Å². The highest BCUT2D eigenvalue weighted by Crippen LogP contribution is 2.21. The molecule has 3 aromatic rings. The summed E-state index contributed by atoms with van der Waals surface area (Å²) in [4.78, 5) is 22.2. The summed E-state index contributed by atoms with van der Waals surface area (Å²) in [7, 11) is 0. The van der Waals surface area contributed by atoms with Crippen molar-refractivity contribution >= 4 is 33.3 Å². The molecule has 1 amide bonds. The van der Waals surface area contributed by atoms with Gasteiger partial charge < -0.3 is 15.4 Å². The molecule has 2 heterocycles. The number of hydrogen-bond acceptors (Lipinski definition) is 5. The van der Waals surface area contributed by atoms with E-state index in [0.29, 0.717) is 12.2 Å². The summed E-state index contributed by atoms with van der Waals surface area (Å²) < 4.78 is 2.85. The third kappa shape index (κ3) is 3.64. The van der Waals surface area contributed by atoms with Gasteiger partial charge in [-0.25, -0.2) is 0 Å². The van der Waals surface area contributed by atoms with Crippen LogP contribution < -0.4 is 5.32 Å². The van der Waals surface area contributed by atoms with Crippen LogP contribution in [0, 0.1) is 24.0 Å². The van der Waals surface area contributed by atoms with E-state index in [2.05, 4.69) is 36.5 Å². The average molecular weight is 419 g/mol. The van der Waals surface area contributed by atoms with Crippen molar-refractivity contribution in [1.82, 2.24) is 20.0 Å². The number of carbonyl (C=O) groups excluding carboxylic acids is 1. The van der Waals surface area contributed by atoms with Gasteiger partial charge in [0.15, 0.2) is 5.69 Å². The molecule has 2 N–H and O–H groups in total. The van der Waals surface area contributed by atoms with Gasteiger partial charge in [0.25, 0.3) is 5.91 Å². The number of aromatic amines is 1. The maximum atomic E-state index is 12.2. The van der Waals surface area contributed by atoms with E-state index >= 15 is 0 Å². The van der Waals surface area contributed by atoms with E-state index in [0.717, 1.165) is 27.5 Å². The number of amides is 1. The first-order valence-corrected chi connectivity index (χ1v) is 8.44. The lowest BCUT2D eigenvalue weighted by Gasteiger charge is -2.08. The second-order valence-corrected chi connectivity index (χ2v) is 6.49. The van der Waals surface area contributed by atoms with E-state index in [9.17, 15) is 14.9 Å². The molecule has 134 valence electrons. The molecule has 0 aliphatic heterocycles. The van der Waals surface area contributed by atoms with Crippen LogP contribution in [0.5, 0.6) is 0 Å². The summed E-state index contributed by atoms with van der Waals surface area (Å²) in [5.41, 5.74) is 3.39. The maximum absolute atomic E-state index is 12.2. The molecule has 9 nitrogen and oxygen atoms in total. The van der Waals surface area contributed by atoms with Crippen LogP contribution in [-0.4, -0.2) is 30.8 Å². The van der Waals surface area contributed by atoms with Crippen LogP contribution in [0.3, 0.4) is 0 Å². The summed E-state index contributed by atoms with van der Waals surface area (Å²) in [6, 6.07) is 8.40. The summed E-state index contributed by atoms with van der Waals surface area (Å²) in [6.45, 7) is 4.45. The van der Waals surface area contributed by atoms with Gasteiger partial charge in [0.05, 0.1) is 28.5 Å². The molecule has 0 atom stereocenters. The van der Waals surface area contributed by atoms with Gasteiger partial charge in [-0.3, -0.25) is 9.48 Å². The van der Waals surface area contributed by atoms with Gasteiger partial charge in [0.1, 0.15) is 0 Å². The van der Waals surface area contributed by atoms with Gasteiger partial charge in [0, 0.05) is 5.69 Å². The summed E-state index contributed by atoms with van der Waals surface area (Å²) in [6.07, 6.45) is 0. The molecule has 0 aliphatic rings. The maximum Gasteiger partial charge on any atom is 0.343 e. The molecule has 0 saturated carbocycles. The van der Waals surface area contributed by atoms with Crippen molar-refractivity contribution in [1.29, 1.82) is 0 Å². The Morgan fingerprint density at radius 2 is 2.15 bits per heavy atom. The molecule has 0 spiro atoms. The van der Waals surface area contributed by atoms with Crippen molar-refractivity contribution < 1.29 is 9.72 Å². The predicted molar refractivity (Wildman–Crippen MR) is 98.1 cm³/mol. The highest BCUT2D eigenvalue weighted by atomic mass is 79.9. The molecule has 0 unspecified atom stereocenters. The lowest BCUT2D eigenvalue weighted by atomic mass is 10.2. The van der Waals surface area contributed by atoms with Crippen LogP contribution in [-0.2, 0) is 6.54 Å². The smallest absolute Gasteiger partial charge is 0.343 e. The number of benzene rings is 1. The Balaban J connectivity index is 1.75. The molecule has 1 aromatic carbocycles. The number of halogens is 1. The number of anilines is 1. The van der Waals surface area contributed by atoms with Gasteiger partial charge >= 0.3 is 5.82 Å². The normalized spacial score (nSPS) is 10.7. The number of hydrogen-bond donors (Lipinski definition) is 2. The third-order valence-corrected chi connectivity index (χ3v) is 4.95. The van der Waals surface area contributed by atoms with E-state index < -0.39 is 10.8 Å². The molecule has 0 bridgehead atoms. The topological polar surface area (TPSA) is 119 Å². The monoisotopic (exact) mass is 418 g/mol. The van der Waals surface area contributed by atoms with Crippen molar-refractivity contribution in [2.45, 2.75) is 20.4 Å². The largest absolute Gasteiger partial charge is 0.358 e. The SMILES string of the molecule is Cc1nn(Cc2cccc(NC(=O)c3cc([N+](=O)[O-])[nH]n3)c2)c(C)c1Br. The molecular weight excluding hydrogens is 404 g/mol. The average Bonchev–Trinajstić information content (AvgIpc) is 3.18. The first-order valence-electron chi connectivity index (χ1n) is 7.64. The van der Waals surface area contributed by atoms with Gasteiger partial charge in [-0.1, -0.05) is 17.2 Å². The Labute approximate surface area is 156 Å². The number of rotatable bonds is 5. The van der Waals surface area contributed by atoms with Crippen LogP contribution >= 0.6 is 15.9 Å². The van der Waals surface area contributed by atoms with Crippen LogP contribution in [0.4, 0.5) is 11.5 Å². The number of nitrogens with one attached hydrogen (secondary N) is 2. The summed E-state index contributed by atoms with van der Waals surface area (Å²) in [5.74, 6) is -0.862. The van der Waals surface area contributed by atoms with Crippen LogP contribution in [0.25, 0.3) is 0 Å². The highest BCUT2D eigenvalue weighted by Gasteiger charge is 2.16. The zero-order valence-electron chi connectivity index (χ0n) is 14.0. The fourth-order valence-electron chi connectivity index (χ4n) is 2.47. The first kappa shape index (κ1) is 17.8. The predicted octanol–water partition coefficient (Wildman–Crippen LogP) is 3.19. The number of aromatic nitrogens is 4. The van der Waals surface area contributed by atoms with E-state index in [1.807, 2.05) is 36.7 Å². The molecule has 0 saturated heterocycles. The molecule has 26 heavy (non-hydrogen) atoms. The Bertz CT molecular complexity index is 994. The first-order chi connectivity index (χ1) is 12.3. The fraction of sp³-hybridized carbons (Fsp3) is 0.188. The van der Waals surface area contributed by atoms with Crippen molar-refractivity contribution in [3.05, 3.63) is 67.6 Å². The van der Waals surface area contributed by atoms with Crippen LogP contribution in [0.15, 0.2) is 34.8 Å². The molecule has 3 rings (SSSR count). The van der Waals surface area contributed by atoms with Crippen molar-refractivity contribution in [3.8, 4) is 0 Å². The Morgan fingerprint density at radius 1 is 1.38 bits per heavy atom. The van der Waals surface area contributed by atoms with E-state index in [1.165, 1.54) is 0 Å². The van der Waals surface area contributed by atoms with Crippen LogP contribution in [0.2, 0.25) is 0 Å². The zero-order valence-corrected chi connectivity index (χ0v) is 15.6. The van der Waals surface area contributed by atoms with Crippen LogP contribution in [0.1, 0.15) is 27.4 Å². The minimum atomic E-state index is -0.642. The van der Waals surface area contributed by atoms with Gasteiger partial charge in [0.2, 0.25) is 0 Å². The minimum absolute atomic E-state index is 0.0513. The molecular formula is C16H15BrN6O3. The van der Waals surface area contributed by atoms with E-state index in [-0.39, 0.29) is 11.5 Å². The quantitative estimate of drug-likeness (QED) is 0.486. The molecule has 10 heteroatoms. The van der Waals surface area contributed by atoms with Gasteiger partial charge in [-0.05, 0) is 52.4 Å². The molecule has 0 aliphatic carbocycles. The van der Waals surface area contributed by atoms with E-state index in [4.69, 9.17) is 0 Å². The Kier molecular flexibility index (Phi) is 4.85. The lowest BCUT2D eigenvalue weighted by Crippen LogP contribution is -2.13. The fourth-order valence-corrected chi connectivity index (χ4v) is 2.75. The molecule has 0 fully saturated rings. The summed E-state index contributed by atoms with van der Waals surface area (Å²) in [5, 5.41) is 23.7. The third-order valence-electron chi connectivity index (χ3n) is 3.80. The lowest BCUT2D eigenvalue weighted by molar-refractivity contribution is -0.389. The van der Waals surface area contributed by atoms with Gasteiger partial charge in [-0.2, -0.15) is 5.10 Å². The zero-order chi connectivity index (χ0) is 18.8. The second-order valence-electron chi connectivity index (χ2n) is 5.69. The van der Waals surface area contributed by atoms with Gasteiger partial charge in [-0.15, -0.1) is 5.10 Å². The van der Waals surface area contributed by atoms with Crippen molar-refractivity contribution in [2.75, 3.05) is 5.32 Å². The number of nitrogens with zero attached hydrogens (tertiary/aromatic N) is 4. The standard InChI is InChI=1S/C16H15BrN6O3/c1-9-15(17)10(2)22(21-9)8-11-4-3-5-12(6-11)18-16(24)13-7-14(20-19-13)23(25)26/h3-7H,8H2,1-2H3,(H,18,24)(H,19,20). The number of nitro groups is 1. The highest BCUT2D eigenvalue weighted by molar-refractivity contribution is 9.10. The Morgan fingerprint density at radius 3 is 2.77 bits per heavy atom. The minimum Gasteiger partial charge on any atom is -0.358 e. The second kappa shape index (κ2) is 7.08. The molecule has 2 aromatic heterocycles. The number of aryl methyl sites for hydroxylation is 1.